The standard InChI is InChI=1S/C32H44N4O7/c1-32(2,3)43-31(39)36-17-8-12-24-14-15-25(34-29(24)36)13-9-16-35-19-26(20-35)41-22-27(30(38)40-4)33-18-28(37)42-21-23-10-6-5-7-11-23/h5-7,10-11,14-15,26-27,33H,8-9,12-13,16-22H2,1-4H3/t27-/m0/s1. The number of rotatable bonds is 13. The second-order valence-electron chi connectivity index (χ2n) is 11.9. The van der Waals surface area contributed by atoms with Gasteiger partial charge < -0.3 is 18.9 Å². The van der Waals surface area contributed by atoms with Crippen LogP contribution in [0.15, 0.2) is 42.5 Å². The number of benzene rings is 1. The second-order valence-corrected chi connectivity index (χ2v) is 11.9. The van der Waals surface area contributed by atoms with Crippen LogP contribution in [0.25, 0.3) is 0 Å². The first kappa shape index (κ1) is 32.4. The highest BCUT2D eigenvalue weighted by Gasteiger charge is 2.31. The van der Waals surface area contributed by atoms with E-state index in [0.717, 1.165) is 62.1 Å². The number of aromatic nitrogens is 1. The lowest BCUT2D eigenvalue weighted by Gasteiger charge is -2.39. The van der Waals surface area contributed by atoms with Crippen LogP contribution in [0.1, 0.15) is 50.4 Å². The molecule has 11 heteroatoms. The molecule has 2 aliphatic heterocycles. The Hall–Kier alpha value is -3.54. The molecule has 0 spiro atoms. The summed E-state index contributed by atoms with van der Waals surface area (Å²) >= 11 is 0. The normalized spacial score (nSPS) is 16.1. The molecule has 1 fully saturated rings. The predicted molar refractivity (Wildman–Crippen MR) is 161 cm³/mol. The van der Waals surface area contributed by atoms with Crippen molar-refractivity contribution < 1.29 is 33.3 Å². The number of esters is 2. The van der Waals surface area contributed by atoms with Gasteiger partial charge >= 0.3 is 18.0 Å². The Morgan fingerprint density at radius 2 is 1.86 bits per heavy atom. The summed E-state index contributed by atoms with van der Waals surface area (Å²) < 4.78 is 21.7. The number of nitrogens with one attached hydrogen (secondary N) is 1. The zero-order chi connectivity index (χ0) is 30.8. The summed E-state index contributed by atoms with van der Waals surface area (Å²) in [6, 6.07) is 12.8. The fourth-order valence-electron chi connectivity index (χ4n) is 4.99. The maximum absolute atomic E-state index is 12.8. The molecule has 4 rings (SSSR count). The monoisotopic (exact) mass is 596 g/mol. The molecule has 1 aromatic carbocycles. The molecule has 1 amide bonds. The van der Waals surface area contributed by atoms with Gasteiger partial charge in [-0.05, 0) is 70.2 Å². The third-order valence-electron chi connectivity index (χ3n) is 7.26. The number of anilines is 1. The molecule has 1 saturated heterocycles. The van der Waals surface area contributed by atoms with E-state index in [-0.39, 0.29) is 32.0 Å². The lowest BCUT2D eigenvalue weighted by atomic mass is 10.0. The third kappa shape index (κ3) is 10.0. The van der Waals surface area contributed by atoms with Crippen molar-refractivity contribution in [1.82, 2.24) is 15.2 Å². The molecule has 2 aliphatic rings. The Labute approximate surface area is 253 Å². The molecular weight excluding hydrogens is 552 g/mol. The lowest BCUT2D eigenvalue weighted by Crippen LogP contribution is -2.54. The van der Waals surface area contributed by atoms with Crippen LogP contribution in [0, 0.1) is 0 Å². The van der Waals surface area contributed by atoms with Crippen LogP contribution in [0.5, 0.6) is 0 Å². The third-order valence-corrected chi connectivity index (χ3v) is 7.26. The Morgan fingerprint density at radius 3 is 2.58 bits per heavy atom. The maximum Gasteiger partial charge on any atom is 0.416 e. The van der Waals surface area contributed by atoms with Crippen molar-refractivity contribution in [3.8, 4) is 0 Å². The minimum absolute atomic E-state index is 0.00300. The summed E-state index contributed by atoms with van der Waals surface area (Å²) in [4.78, 5) is 45.9. The Kier molecular flexibility index (Phi) is 11.5. The van der Waals surface area contributed by atoms with Gasteiger partial charge in [-0.3, -0.25) is 24.7 Å². The van der Waals surface area contributed by atoms with Crippen LogP contribution in [-0.2, 0) is 48.0 Å². The van der Waals surface area contributed by atoms with E-state index in [0.29, 0.717) is 12.4 Å². The molecule has 0 bridgehead atoms. The number of nitrogens with zero attached hydrogens (tertiary/aromatic N) is 3. The van der Waals surface area contributed by atoms with Crippen LogP contribution in [0.2, 0.25) is 0 Å². The first-order chi connectivity index (χ1) is 20.6. The van der Waals surface area contributed by atoms with E-state index in [1.165, 1.54) is 7.11 Å². The maximum atomic E-state index is 12.8. The molecule has 3 heterocycles. The number of ether oxygens (including phenoxy) is 4. The predicted octanol–water partition coefficient (Wildman–Crippen LogP) is 3.28. The second kappa shape index (κ2) is 15.3. The molecule has 2 aromatic rings. The van der Waals surface area contributed by atoms with Crippen molar-refractivity contribution in [2.24, 2.45) is 0 Å². The van der Waals surface area contributed by atoms with Gasteiger partial charge in [0.1, 0.15) is 24.1 Å². The molecule has 43 heavy (non-hydrogen) atoms. The fourth-order valence-corrected chi connectivity index (χ4v) is 4.99. The van der Waals surface area contributed by atoms with Crippen LogP contribution < -0.4 is 10.2 Å². The quantitative estimate of drug-likeness (QED) is 0.273. The number of amides is 1. The van der Waals surface area contributed by atoms with Gasteiger partial charge in [-0.2, -0.15) is 0 Å². The van der Waals surface area contributed by atoms with Crippen LogP contribution in [0.3, 0.4) is 0 Å². The average molecular weight is 597 g/mol. The topological polar surface area (TPSA) is 120 Å². The number of hydrogen-bond donors (Lipinski definition) is 1. The lowest BCUT2D eigenvalue weighted by molar-refractivity contribution is -0.148. The van der Waals surface area contributed by atoms with E-state index in [1.54, 1.807) is 4.90 Å². The summed E-state index contributed by atoms with van der Waals surface area (Å²) in [6.45, 7) is 8.77. The molecular formula is C32H44N4O7. The van der Waals surface area contributed by atoms with Gasteiger partial charge in [0.05, 0.1) is 26.4 Å². The number of carbonyl (C=O) groups excluding carboxylic acids is 3. The summed E-state index contributed by atoms with van der Waals surface area (Å²) in [5.74, 6) is -0.234. The highest BCUT2D eigenvalue weighted by atomic mass is 16.6. The van der Waals surface area contributed by atoms with Crippen molar-refractivity contribution in [2.75, 3.05) is 51.3 Å². The molecule has 1 aromatic heterocycles. The number of carbonyl (C=O) groups is 3. The van der Waals surface area contributed by atoms with E-state index < -0.39 is 23.6 Å². The number of fused-ring (bicyclic) bond motifs is 1. The Bertz CT molecular complexity index is 1230. The van der Waals surface area contributed by atoms with Crippen molar-refractivity contribution in [1.29, 1.82) is 0 Å². The van der Waals surface area contributed by atoms with E-state index in [9.17, 15) is 14.4 Å². The zero-order valence-corrected chi connectivity index (χ0v) is 25.7. The van der Waals surface area contributed by atoms with Gasteiger partial charge in [-0.15, -0.1) is 0 Å². The largest absolute Gasteiger partial charge is 0.468 e. The van der Waals surface area contributed by atoms with Crippen molar-refractivity contribution >= 4 is 23.8 Å². The van der Waals surface area contributed by atoms with Crippen molar-refractivity contribution in [2.45, 2.75) is 70.8 Å². The van der Waals surface area contributed by atoms with Gasteiger partial charge in [-0.25, -0.2) is 9.78 Å². The Morgan fingerprint density at radius 1 is 1.09 bits per heavy atom. The SMILES string of the molecule is COC(=O)[C@H](COC1CN(CCCc2ccc3c(n2)N(C(=O)OC(C)(C)C)CCC3)C1)NCC(=O)OCc1ccccc1. The number of pyridine rings is 1. The van der Waals surface area contributed by atoms with Crippen LogP contribution >= 0.6 is 0 Å². The average Bonchev–Trinajstić information content (AvgIpc) is 2.96. The number of methoxy groups -OCH3 is 1. The van der Waals surface area contributed by atoms with E-state index >= 15 is 0 Å². The molecule has 0 radical (unpaired) electrons. The minimum Gasteiger partial charge on any atom is -0.468 e. The molecule has 1 N–H and O–H groups in total. The summed E-state index contributed by atoms with van der Waals surface area (Å²) in [5, 5.41) is 2.89. The zero-order valence-electron chi connectivity index (χ0n) is 25.7. The van der Waals surface area contributed by atoms with Gasteiger partial charge in [0.15, 0.2) is 0 Å². The first-order valence-corrected chi connectivity index (χ1v) is 15.0. The number of aryl methyl sites for hydroxylation is 2. The molecule has 0 aliphatic carbocycles. The molecule has 1 atom stereocenters. The minimum atomic E-state index is -0.765. The van der Waals surface area contributed by atoms with Crippen LogP contribution in [0.4, 0.5) is 10.6 Å². The molecule has 0 saturated carbocycles. The van der Waals surface area contributed by atoms with Gasteiger partial charge in [0.25, 0.3) is 0 Å². The summed E-state index contributed by atoms with van der Waals surface area (Å²) in [5.41, 5.74) is 2.37. The molecule has 234 valence electrons. The van der Waals surface area contributed by atoms with E-state index in [2.05, 4.69) is 22.3 Å². The van der Waals surface area contributed by atoms with Crippen molar-refractivity contribution in [3.63, 3.8) is 0 Å². The summed E-state index contributed by atoms with van der Waals surface area (Å²) in [7, 11) is 1.31. The van der Waals surface area contributed by atoms with Crippen molar-refractivity contribution in [3.05, 3.63) is 59.3 Å². The smallest absolute Gasteiger partial charge is 0.416 e. The Balaban J connectivity index is 1.15. The van der Waals surface area contributed by atoms with Gasteiger partial charge in [0.2, 0.25) is 0 Å². The number of likely N-dealkylation sites (tertiary alicyclic amines) is 1. The highest BCUT2D eigenvalue weighted by Crippen LogP contribution is 2.27. The van der Waals surface area contributed by atoms with E-state index in [1.807, 2.05) is 51.1 Å². The van der Waals surface area contributed by atoms with Gasteiger partial charge in [-0.1, -0.05) is 36.4 Å². The van der Waals surface area contributed by atoms with E-state index in [4.69, 9.17) is 23.9 Å². The highest BCUT2D eigenvalue weighted by molar-refractivity contribution is 5.88. The van der Waals surface area contributed by atoms with Gasteiger partial charge in [0, 0.05) is 25.3 Å². The van der Waals surface area contributed by atoms with Crippen LogP contribution in [-0.4, -0.2) is 92.1 Å². The number of hydrogen-bond acceptors (Lipinski definition) is 10. The molecule has 0 unspecified atom stereocenters. The first-order valence-electron chi connectivity index (χ1n) is 15.0. The molecule has 11 nitrogen and oxygen atoms in total. The fraction of sp³-hybridized carbons (Fsp3) is 0.562. The summed E-state index contributed by atoms with van der Waals surface area (Å²) in [6.07, 6.45) is 3.17.